The van der Waals surface area contributed by atoms with Gasteiger partial charge in [-0.05, 0) is 25.7 Å². The molecule has 1 N–H and O–H groups in total. The van der Waals surface area contributed by atoms with E-state index in [1.54, 1.807) is 18.4 Å². The van der Waals surface area contributed by atoms with Crippen molar-refractivity contribution in [2.24, 2.45) is 0 Å². The average molecular weight is 227 g/mol. The second-order valence-electron chi connectivity index (χ2n) is 4.30. The lowest BCUT2D eigenvalue weighted by atomic mass is 9.81. The lowest BCUT2D eigenvalue weighted by molar-refractivity contribution is -0.0423. The fraction of sp³-hybridized carbons (Fsp3) is 0.727. The van der Waals surface area contributed by atoms with Crippen LogP contribution < -0.4 is 0 Å². The number of ether oxygens (including phenoxy) is 1. The number of aromatic nitrogens is 1. The van der Waals surface area contributed by atoms with Gasteiger partial charge in [-0.1, -0.05) is 0 Å². The van der Waals surface area contributed by atoms with E-state index in [4.69, 9.17) is 4.74 Å². The Kier molecular flexibility index (Phi) is 3.38. The van der Waals surface area contributed by atoms with Crippen molar-refractivity contribution >= 4 is 11.3 Å². The molecule has 0 bridgehead atoms. The molecule has 3 nitrogen and oxygen atoms in total. The Balaban J connectivity index is 1.92. The highest BCUT2D eigenvalue weighted by Crippen LogP contribution is 2.33. The van der Waals surface area contributed by atoms with Gasteiger partial charge in [-0.25, -0.2) is 0 Å². The molecule has 0 spiro atoms. The Labute approximate surface area is 94.1 Å². The van der Waals surface area contributed by atoms with Gasteiger partial charge in [0.05, 0.1) is 17.2 Å². The van der Waals surface area contributed by atoms with Crippen molar-refractivity contribution in [2.45, 2.75) is 43.8 Å². The van der Waals surface area contributed by atoms with Crippen molar-refractivity contribution in [3.8, 4) is 0 Å². The third kappa shape index (κ3) is 2.77. The highest BCUT2D eigenvalue weighted by Gasteiger charge is 2.33. The van der Waals surface area contributed by atoms with E-state index >= 15 is 0 Å². The van der Waals surface area contributed by atoms with Gasteiger partial charge in [0.25, 0.3) is 0 Å². The lowest BCUT2D eigenvalue weighted by Crippen LogP contribution is -2.38. The largest absolute Gasteiger partial charge is 0.390 e. The van der Waals surface area contributed by atoms with Gasteiger partial charge in [0.15, 0.2) is 0 Å². The summed E-state index contributed by atoms with van der Waals surface area (Å²) < 4.78 is 5.30. The molecular weight excluding hydrogens is 210 g/mol. The summed E-state index contributed by atoms with van der Waals surface area (Å²) in [6, 6.07) is 0. The maximum Gasteiger partial charge on any atom is 0.0794 e. The summed E-state index contributed by atoms with van der Waals surface area (Å²) in [4.78, 5) is 5.21. The van der Waals surface area contributed by atoms with Crippen LogP contribution in [-0.4, -0.2) is 28.9 Å². The van der Waals surface area contributed by atoms with E-state index in [1.165, 1.54) is 4.88 Å². The predicted octanol–water partition coefficient (Wildman–Crippen LogP) is 2.01. The van der Waals surface area contributed by atoms with Crippen molar-refractivity contribution in [3.05, 3.63) is 16.6 Å². The van der Waals surface area contributed by atoms with Gasteiger partial charge >= 0.3 is 0 Å². The Hall–Kier alpha value is -0.450. The van der Waals surface area contributed by atoms with E-state index in [-0.39, 0.29) is 0 Å². The second kappa shape index (κ2) is 4.60. The van der Waals surface area contributed by atoms with Crippen molar-refractivity contribution in [1.82, 2.24) is 4.98 Å². The molecule has 0 atom stereocenters. The molecule has 0 saturated heterocycles. The lowest BCUT2D eigenvalue weighted by Gasteiger charge is -2.35. The predicted molar refractivity (Wildman–Crippen MR) is 60.0 cm³/mol. The first-order chi connectivity index (χ1) is 7.22. The number of thiazole rings is 1. The van der Waals surface area contributed by atoms with Crippen molar-refractivity contribution in [2.75, 3.05) is 7.11 Å². The Morgan fingerprint density at radius 1 is 1.60 bits per heavy atom. The summed E-state index contributed by atoms with van der Waals surface area (Å²) >= 11 is 1.62. The summed E-state index contributed by atoms with van der Waals surface area (Å²) in [7, 11) is 1.75. The topological polar surface area (TPSA) is 42.4 Å². The molecule has 0 amide bonds. The number of methoxy groups -OCH3 is 1. The van der Waals surface area contributed by atoms with Gasteiger partial charge in [0, 0.05) is 24.6 Å². The zero-order valence-electron chi connectivity index (χ0n) is 8.98. The van der Waals surface area contributed by atoms with Crippen LogP contribution in [0, 0.1) is 0 Å². The first-order valence-corrected chi connectivity index (χ1v) is 6.22. The monoisotopic (exact) mass is 227 g/mol. The highest BCUT2D eigenvalue weighted by atomic mass is 32.1. The quantitative estimate of drug-likeness (QED) is 0.859. The summed E-state index contributed by atoms with van der Waals surface area (Å²) in [6.45, 7) is 0. The molecule has 84 valence electrons. The van der Waals surface area contributed by atoms with Gasteiger partial charge < -0.3 is 9.84 Å². The van der Waals surface area contributed by atoms with Crippen LogP contribution in [0.3, 0.4) is 0 Å². The zero-order valence-corrected chi connectivity index (χ0v) is 9.80. The molecule has 1 fully saturated rings. The number of rotatable bonds is 3. The fourth-order valence-electron chi connectivity index (χ4n) is 2.19. The minimum Gasteiger partial charge on any atom is -0.390 e. The van der Waals surface area contributed by atoms with E-state index in [2.05, 4.69) is 4.98 Å². The van der Waals surface area contributed by atoms with Crippen molar-refractivity contribution < 1.29 is 9.84 Å². The standard InChI is InChI=1S/C11H17NO2S/c1-14-9-2-4-11(13,5-3-9)6-10-7-12-8-15-10/h7-9,13H,2-6H2,1H3. The van der Waals surface area contributed by atoms with E-state index < -0.39 is 5.60 Å². The van der Waals surface area contributed by atoms with Gasteiger partial charge in [0.2, 0.25) is 0 Å². The molecule has 1 aliphatic rings. The minimum atomic E-state index is -0.526. The van der Waals surface area contributed by atoms with E-state index in [0.29, 0.717) is 6.10 Å². The second-order valence-corrected chi connectivity index (χ2v) is 5.27. The Morgan fingerprint density at radius 3 is 2.87 bits per heavy atom. The number of nitrogens with zero attached hydrogens (tertiary/aromatic N) is 1. The van der Waals surface area contributed by atoms with Gasteiger partial charge in [-0.2, -0.15) is 0 Å². The Bertz CT molecular complexity index is 292. The number of aliphatic hydroxyl groups is 1. The molecule has 1 aromatic rings. The van der Waals surface area contributed by atoms with Crippen molar-refractivity contribution in [1.29, 1.82) is 0 Å². The van der Waals surface area contributed by atoms with Crippen LogP contribution in [0.25, 0.3) is 0 Å². The molecule has 0 radical (unpaired) electrons. The smallest absolute Gasteiger partial charge is 0.0794 e. The molecule has 0 aromatic carbocycles. The zero-order chi connectivity index (χ0) is 10.7. The van der Waals surface area contributed by atoms with E-state index in [9.17, 15) is 5.11 Å². The summed E-state index contributed by atoms with van der Waals surface area (Å²) in [5, 5.41) is 10.4. The van der Waals surface area contributed by atoms with E-state index in [0.717, 1.165) is 32.1 Å². The first-order valence-electron chi connectivity index (χ1n) is 5.34. The third-order valence-electron chi connectivity index (χ3n) is 3.18. The normalized spacial score (nSPS) is 31.7. The van der Waals surface area contributed by atoms with E-state index in [1.807, 2.05) is 11.7 Å². The molecule has 1 aromatic heterocycles. The summed E-state index contributed by atoms with van der Waals surface area (Å²) in [5.41, 5.74) is 1.29. The van der Waals surface area contributed by atoms with Crippen LogP contribution in [0.2, 0.25) is 0 Å². The Morgan fingerprint density at radius 2 is 2.33 bits per heavy atom. The van der Waals surface area contributed by atoms with Crippen LogP contribution in [0.5, 0.6) is 0 Å². The molecule has 15 heavy (non-hydrogen) atoms. The number of hydrogen-bond acceptors (Lipinski definition) is 4. The van der Waals surface area contributed by atoms with Gasteiger partial charge in [-0.15, -0.1) is 11.3 Å². The van der Waals surface area contributed by atoms with Gasteiger partial charge in [0.1, 0.15) is 0 Å². The third-order valence-corrected chi connectivity index (χ3v) is 3.96. The SMILES string of the molecule is COC1CCC(O)(Cc2cncs2)CC1. The highest BCUT2D eigenvalue weighted by molar-refractivity contribution is 7.09. The molecule has 1 saturated carbocycles. The molecule has 0 unspecified atom stereocenters. The first kappa shape index (κ1) is 11.0. The molecular formula is C11H17NO2S. The summed E-state index contributed by atoms with van der Waals surface area (Å²) in [6.07, 6.45) is 6.54. The van der Waals surface area contributed by atoms with Crippen LogP contribution in [0.1, 0.15) is 30.6 Å². The molecule has 1 heterocycles. The van der Waals surface area contributed by atoms with Crippen LogP contribution in [-0.2, 0) is 11.2 Å². The molecule has 2 rings (SSSR count). The van der Waals surface area contributed by atoms with Crippen LogP contribution in [0.4, 0.5) is 0 Å². The van der Waals surface area contributed by atoms with Crippen LogP contribution >= 0.6 is 11.3 Å². The van der Waals surface area contributed by atoms with Gasteiger partial charge in [-0.3, -0.25) is 4.98 Å². The van der Waals surface area contributed by atoms with Crippen molar-refractivity contribution in [3.63, 3.8) is 0 Å². The number of hydrogen-bond donors (Lipinski definition) is 1. The fourth-order valence-corrected chi connectivity index (χ4v) is 2.93. The minimum absolute atomic E-state index is 0.340. The average Bonchev–Trinajstić information content (AvgIpc) is 2.71. The van der Waals surface area contributed by atoms with Crippen LogP contribution in [0.15, 0.2) is 11.7 Å². The summed E-state index contributed by atoms with van der Waals surface area (Å²) in [5.74, 6) is 0. The molecule has 1 aliphatic carbocycles. The maximum atomic E-state index is 10.4. The molecule has 4 heteroatoms. The molecule has 0 aliphatic heterocycles. The maximum absolute atomic E-state index is 10.4.